The number of rotatable bonds is 6. The molecule has 6 nitrogen and oxygen atoms in total. The van der Waals surface area contributed by atoms with Gasteiger partial charge in [0.2, 0.25) is 0 Å². The minimum atomic E-state index is -0.0911. The summed E-state index contributed by atoms with van der Waals surface area (Å²) >= 11 is 0. The molecular formula is C13H23N5O. The zero-order valence-electron chi connectivity index (χ0n) is 11.7. The lowest BCUT2D eigenvalue weighted by molar-refractivity contribution is 0.0314. The van der Waals surface area contributed by atoms with E-state index in [1.165, 1.54) is 0 Å². The molecule has 1 aromatic rings. The van der Waals surface area contributed by atoms with Crippen LogP contribution in [0.5, 0.6) is 0 Å². The standard InChI is InChI=1S/C13H23N5O/c1-3-5-10-16-11(8-12(17-10)18-14)15-9-13(2)6-4-7-19-13/h8H,3-7,9,14H2,1-2H3,(H2,15,16,17,18). The number of nitrogens with one attached hydrogen (secondary N) is 2. The second-order valence-electron chi connectivity index (χ2n) is 5.20. The second kappa shape index (κ2) is 6.16. The third-order valence-electron chi connectivity index (χ3n) is 3.34. The van der Waals surface area contributed by atoms with Gasteiger partial charge in [-0.15, -0.1) is 0 Å². The minimum absolute atomic E-state index is 0.0911. The highest BCUT2D eigenvalue weighted by Gasteiger charge is 2.29. The highest BCUT2D eigenvalue weighted by molar-refractivity contribution is 5.47. The van der Waals surface area contributed by atoms with Gasteiger partial charge in [0.05, 0.1) is 5.60 Å². The van der Waals surface area contributed by atoms with Gasteiger partial charge in [-0.2, -0.15) is 0 Å². The first-order valence-corrected chi connectivity index (χ1v) is 6.87. The summed E-state index contributed by atoms with van der Waals surface area (Å²) in [4.78, 5) is 8.81. The molecule has 2 rings (SSSR count). The molecule has 0 aliphatic carbocycles. The fourth-order valence-corrected chi connectivity index (χ4v) is 2.25. The quantitative estimate of drug-likeness (QED) is 0.536. The van der Waals surface area contributed by atoms with Crippen molar-refractivity contribution in [1.82, 2.24) is 9.97 Å². The molecule has 0 radical (unpaired) electrons. The van der Waals surface area contributed by atoms with E-state index in [9.17, 15) is 0 Å². The Labute approximate surface area is 114 Å². The molecule has 1 aromatic heterocycles. The Morgan fingerprint density at radius 1 is 1.42 bits per heavy atom. The van der Waals surface area contributed by atoms with Crippen LogP contribution in [-0.4, -0.2) is 28.7 Å². The number of anilines is 2. The summed E-state index contributed by atoms with van der Waals surface area (Å²) in [6, 6.07) is 1.82. The molecule has 106 valence electrons. The zero-order chi connectivity index (χ0) is 13.7. The van der Waals surface area contributed by atoms with Gasteiger partial charge in [-0.1, -0.05) is 6.92 Å². The number of nitrogen functional groups attached to an aromatic ring is 1. The lowest BCUT2D eigenvalue weighted by atomic mass is 10.0. The monoisotopic (exact) mass is 265 g/mol. The van der Waals surface area contributed by atoms with E-state index >= 15 is 0 Å². The first-order chi connectivity index (χ1) is 9.15. The molecule has 0 aromatic carbocycles. The van der Waals surface area contributed by atoms with Gasteiger partial charge in [0.25, 0.3) is 0 Å². The van der Waals surface area contributed by atoms with Crippen molar-refractivity contribution < 1.29 is 4.74 Å². The van der Waals surface area contributed by atoms with Crippen LogP contribution >= 0.6 is 0 Å². The van der Waals surface area contributed by atoms with E-state index < -0.39 is 0 Å². The molecule has 1 aliphatic rings. The van der Waals surface area contributed by atoms with Gasteiger partial charge in [-0.05, 0) is 26.2 Å². The Hall–Kier alpha value is -1.40. The number of nitrogens with two attached hydrogens (primary N) is 1. The predicted octanol–water partition coefficient (Wildman–Crippen LogP) is 1.70. The minimum Gasteiger partial charge on any atom is -0.373 e. The van der Waals surface area contributed by atoms with Crippen molar-refractivity contribution in [3.05, 3.63) is 11.9 Å². The topological polar surface area (TPSA) is 85.1 Å². The van der Waals surface area contributed by atoms with Crippen molar-refractivity contribution in [2.75, 3.05) is 23.9 Å². The third kappa shape index (κ3) is 3.78. The lowest BCUT2D eigenvalue weighted by Gasteiger charge is -2.23. The van der Waals surface area contributed by atoms with Gasteiger partial charge in [0.1, 0.15) is 17.5 Å². The zero-order valence-corrected chi connectivity index (χ0v) is 11.7. The first-order valence-electron chi connectivity index (χ1n) is 6.87. The lowest BCUT2D eigenvalue weighted by Crippen LogP contribution is -2.32. The molecule has 0 saturated carbocycles. The van der Waals surface area contributed by atoms with E-state index in [1.54, 1.807) is 0 Å². The third-order valence-corrected chi connectivity index (χ3v) is 3.34. The molecule has 0 amide bonds. The van der Waals surface area contributed by atoms with Crippen molar-refractivity contribution in [2.45, 2.75) is 45.1 Å². The second-order valence-corrected chi connectivity index (χ2v) is 5.20. The van der Waals surface area contributed by atoms with Crippen LogP contribution in [0.4, 0.5) is 11.6 Å². The first kappa shape index (κ1) is 14.0. The van der Waals surface area contributed by atoms with Crippen molar-refractivity contribution in [2.24, 2.45) is 5.84 Å². The number of nitrogens with zero attached hydrogens (tertiary/aromatic N) is 2. The van der Waals surface area contributed by atoms with Gasteiger partial charge in [-0.3, -0.25) is 0 Å². The van der Waals surface area contributed by atoms with E-state index in [0.29, 0.717) is 5.82 Å². The fraction of sp³-hybridized carbons (Fsp3) is 0.692. The summed E-state index contributed by atoms with van der Waals surface area (Å²) in [5.41, 5.74) is 2.49. The maximum Gasteiger partial charge on any atom is 0.145 e. The van der Waals surface area contributed by atoms with Crippen LogP contribution in [0.2, 0.25) is 0 Å². The predicted molar refractivity (Wildman–Crippen MR) is 75.9 cm³/mol. The molecule has 1 unspecified atom stereocenters. The Balaban J connectivity index is 2.04. The number of hydrogen-bond acceptors (Lipinski definition) is 6. The van der Waals surface area contributed by atoms with Crippen molar-refractivity contribution in [3.8, 4) is 0 Å². The largest absolute Gasteiger partial charge is 0.373 e. The van der Waals surface area contributed by atoms with Crippen LogP contribution in [0.25, 0.3) is 0 Å². The van der Waals surface area contributed by atoms with Crippen LogP contribution in [0.3, 0.4) is 0 Å². The van der Waals surface area contributed by atoms with Gasteiger partial charge < -0.3 is 15.5 Å². The molecule has 1 saturated heterocycles. The number of hydrogen-bond donors (Lipinski definition) is 3. The SMILES string of the molecule is CCCc1nc(NN)cc(NCC2(C)CCCO2)n1. The maximum atomic E-state index is 5.75. The Morgan fingerprint density at radius 3 is 2.84 bits per heavy atom. The Kier molecular flexibility index (Phi) is 4.55. The van der Waals surface area contributed by atoms with E-state index in [0.717, 1.165) is 50.5 Å². The molecule has 19 heavy (non-hydrogen) atoms. The Morgan fingerprint density at radius 2 is 2.21 bits per heavy atom. The summed E-state index contributed by atoms with van der Waals surface area (Å²) in [5, 5.41) is 3.33. The maximum absolute atomic E-state index is 5.75. The molecule has 1 atom stereocenters. The number of aryl methyl sites for hydroxylation is 1. The van der Waals surface area contributed by atoms with Gasteiger partial charge in [0, 0.05) is 25.6 Å². The summed E-state index contributed by atoms with van der Waals surface area (Å²) in [5.74, 6) is 7.67. The summed E-state index contributed by atoms with van der Waals surface area (Å²) in [6.45, 7) is 5.83. The smallest absolute Gasteiger partial charge is 0.145 e. The molecule has 0 bridgehead atoms. The summed E-state index contributed by atoms with van der Waals surface area (Å²) in [7, 11) is 0. The van der Waals surface area contributed by atoms with E-state index in [2.05, 4.69) is 34.6 Å². The van der Waals surface area contributed by atoms with Crippen LogP contribution in [0.1, 0.15) is 38.9 Å². The number of ether oxygens (including phenoxy) is 1. The average molecular weight is 265 g/mol. The number of hydrazine groups is 1. The molecular weight excluding hydrogens is 242 g/mol. The van der Waals surface area contributed by atoms with Crippen molar-refractivity contribution >= 4 is 11.6 Å². The van der Waals surface area contributed by atoms with Crippen LogP contribution in [0, 0.1) is 0 Å². The van der Waals surface area contributed by atoms with Crippen LogP contribution in [0.15, 0.2) is 6.07 Å². The molecule has 1 aliphatic heterocycles. The van der Waals surface area contributed by atoms with Crippen LogP contribution in [-0.2, 0) is 11.2 Å². The van der Waals surface area contributed by atoms with E-state index in [-0.39, 0.29) is 5.60 Å². The van der Waals surface area contributed by atoms with Gasteiger partial charge in [0.15, 0.2) is 0 Å². The van der Waals surface area contributed by atoms with Crippen LogP contribution < -0.4 is 16.6 Å². The summed E-state index contributed by atoms with van der Waals surface area (Å²) < 4.78 is 5.75. The molecule has 4 N–H and O–H groups in total. The average Bonchev–Trinajstić information content (AvgIpc) is 2.84. The van der Waals surface area contributed by atoms with Gasteiger partial charge in [-0.25, -0.2) is 15.8 Å². The molecule has 6 heteroatoms. The molecule has 0 spiro atoms. The highest BCUT2D eigenvalue weighted by atomic mass is 16.5. The van der Waals surface area contributed by atoms with E-state index in [4.69, 9.17) is 10.6 Å². The van der Waals surface area contributed by atoms with E-state index in [1.807, 2.05) is 6.07 Å². The highest BCUT2D eigenvalue weighted by Crippen LogP contribution is 2.25. The number of aromatic nitrogens is 2. The molecule has 1 fully saturated rings. The van der Waals surface area contributed by atoms with Gasteiger partial charge >= 0.3 is 0 Å². The summed E-state index contributed by atoms with van der Waals surface area (Å²) in [6.07, 6.45) is 4.06. The van der Waals surface area contributed by atoms with Crippen molar-refractivity contribution in [3.63, 3.8) is 0 Å². The molecule has 2 heterocycles. The Bertz CT molecular complexity index is 417. The van der Waals surface area contributed by atoms with Crippen molar-refractivity contribution in [1.29, 1.82) is 0 Å². The fourth-order valence-electron chi connectivity index (χ4n) is 2.25. The normalized spacial score (nSPS) is 22.5.